The van der Waals surface area contributed by atoms with Crippen molar-refractivity contribution in [1.82, 2.24) is 4.98 Å². The SMILES string of the molecule is CCOc1cc(-c2csc(CCN)n2)c(OCC)cc1-c1ccccc1. The highest BCUT2D eigenvalue weighted by molar-refractivity contribution is 7.09. The highest BCUT2D eigenvalue weighted by atomic mass is 32.1. The lowest BCUT2D eigenvalue weighted by Gasteiger charge is -2.16. The van der Waals surface area contributed by atoms with Gasteiger partial charge in [0, 0.05) is 22.9 Å². The van der Waals surface area contributed by atoms with E-state index in [9.17, 15) is 0 Å². The van der Waals surface area contributed by atoms with Gasteiger partial charge >= 0.3 is 0 Å². The van der Waals surface area contributed by atoms with Crippen molar-refractivity contribution in [2.24, 2.45) is 5.73 Å². The lowest BCUT2D eigenvalue weighted by molar-refractivity contribution is 0.333. The van der Waals surface area contributed by atoms with Crippen molar-refractivity contribution in [3.8, 4) is 33.9 Å². The highest BCUT2D eigenvalue weighted by Crippen LogP contribution is 2.41. The second-order valence-electron chi connectivity index (χ2n) is 5.74. The van der Waals surface area contributed by atoms with Gasteiger partial charge in [-0.3, -0.25) is 0 Å². The number of thiazole rings is 1. The third kappa shape index (κ3) is 4.06. The average Bonchev–Trinajstić information content (AvgIpc) is 3.12. The summed E-state index contributed by atoms with van der Waals surface area (Å²) in [4.78, 5) is 4.72. The molecular weight excluding hydrogens is 344 g/mol. The van der Waals surface area contributed by atoms with Gasteiger partial charge in [-0.2, -0.15) is 0 Å². The van der Waals surface area contributed by atoms with Gasteiger partial charge in [0.25, 0.3) is 0 Å². The van der Waals surface area contributed by atoms with Crippen LogP contribution in [0.4, 0.5) is 0 Å². The molecule has 0 atom stereocenters. The van der Waals surface area contributed by atoms with E-state index >= 15 is 0 Å². The van der Waals surface area contributed by atoms with Gasteiger partial charge in [0.15, 0.2) is 0 Å². The Morgan fingerprint density at radius 1 is 0.962 bits per heavy atom. The minimum absolute atomic E-state index is 0.592. The molecule has 2 N–H and O–H groups in total. The molecule has 0 bridgehead atoms. The van der Waals surface area contributed by atoms with Crippen LogP contribution in [-0.2, 0) is 6.42 Å². The highest BCUT2D eigenvalue weighted by Gasteiger charge is 2.17. The molecule has 0 unspecified atom stereocenters. The standard InChI is InChI=1S/C21H24N2O2S/c1-3-24-19-13-17(18-14-26-21(23-18)10-11-22)20(25-4-2)12-16(19)15-8-6-5-7-9-15/h5-9,12-14H,3-4,10-11,22H2,1-2H3. The van der Waals surface area contributed by atoms with Gasteiger partial charge in [-0.25, -0.2) is 4.98 Å². The fraction of sp³-hybridized carbons (Fsp3) is 0.286. The summed E-state index contributed by atoms with van der Waals surface area (Å²) in [5.74, 6) is 1.66. The van der Waals surface area contributed by atoms with E-state index in [0.29, 0.717) is 19.8 Å². The number of ether oxygens (including phenoxy) is 2. The molecule has 0 saturated heterocycles. The lowest BCUT2D eigenvalue weighted by atomic mass is 10.0. The monoisotopic (exact) mass is 368 g/mol. The molecule has 1 aromatic heterocycles. The zero-order valence-corrected chi connectivity index (χ0v) is 16.0. The molecule has 0 spiro atoms. The zero-order chi connectivity index (χ0) is 18.4. The van der Waals surface area contributed by atoms with Crippen molar-refractivity contribution in [3.05, 3.63) is 52.9 Å². The first-order valence-corrected chi connectivity index (χ1v) is 9.78. The Morgan fingerprint density at radius 2 is 1.62 bits per heavy atom. The third-order valence-electron chi connectivity index (χ3n) is 3.95. The van der Waals surface area contributed by atoms with Crippen LogP contribution in [0, 0.1) is 0 Å². The molecule has 0 radical (unpaired) electrons. The van der Waals surface area contributed by atoms with E-state index in [0.717, 1.165) is 45.3 Å². The van der Waals surface area contributed by atoms with Crippen LogP contribution in [0.3, 0.4) is 0 Å². The molecule has 0 aliphatic rings. The summed E-state index contributed by atoms with van der Waals surface area (Å²) in [6.07, 6.45) is 0.787. The molecule has 2 aromatic carbocycles. The fourth-order valence-electron chi connectivity index (χ4n) is 2.83. The molecule has 3 rings (SSSR count). The fourth-order valence-corrected chi connectivity index (χ4v) is 3.64. The van der Waals surface area contributed by atoms with Gasteiger partial charge in [-0.1, -0.05) is 30.3 Å². The summed E-state index contributed by atoms with van der Waals surface area (Å²) >= 11 is 1.63. The average molecular weight is 369 g/mol. The van der Waals surface area contributed by atoms with Crippen LogP contribution in [0.5, 0.6) is 11.5 Å². The Kier molecular flexibility index (Phi) is 6.26. The number of hydrogen-bond donors (Lipinski definition) is 1. The summed E-state index contributed by atoms with van der Waals surface area (Å²) < 4.78 is 11.9. The Morgan fingerprint density at radius 3 is 2.27 bits per heavy atom. The maximum absolute atomic E-state index is 5.94. The van der Waals surface area contributed by atoms with E-state index in [4.69, 9.17) is 20.2 Å². The summed E-state index contributed by atoms with van der Waals surface area (Å²) in [6, 6.07) is 14.3. The minimum atomic E-state index is 0.592. The Balaban J connectivity index is 2.12. The first-order valence-electron chi connectivity index (χ1n) is 8.90. The number of rotatable bonds is 8. The molecule has 0 fully saturated rings. The molecule has 5 heteroatoms. The van der Waals surface area contributed by atoms with E-state index in [1.807, 2.05) is 38.1 Å². The zero-order valence-electron chi connectivity index (χ0n) is 15.2. The summed E-state index contributed by atoms with van der Waals surface area (Å²) in [5.41, 5.74) is 9.64. The Hall–Kier alpha value is -2.37. The van der Waals surface area contributed by atoms with Crippen molar-refractivity contribution in [3.63, 3.8) is 0 Å². The van der Waals surface area contributed by atoms with Crippen molar-refractivity contribution in [2.75, 3.05) is 19.8 Å². The lowest BCUT2D eigenvalue weighted by Crippen LogP contribution is -2.02. The molecule has 0 aliphatic carbocycles. The number of aromatic nitrogens is 1. The van der Waals surface area contributed by atoms with Crippen LogP contribution >= 0.6 is 11.3 Å². The molecule has 4 nitrogen and oxygen atoms in total. The molecule has 3 aromatic rings. The van der Waals surface area contributed by atoms with Crippen LogP contribution < -0.4 is 15.2 Å². The molecule has 1 heterocycles. The second-order valence-corrected chi connectivity index (χ2v) is 6.68. The van der Waals surface area contributed by atoms with Crippen molar-refractivity contribution in [2.45, 2.75) is 20.3 Å². The minimum Gasteiger partial charge on any atom is -0.493 e. The smallest absolute Gasteiger partial charge is 0.129 e. The van der Waals surface area contributed by atoms with Crippen LogP contribution in [0.1, 0.15) is 18.9 Å². The van der Waals surface area contributed by atoms with Crippen LogP contribution in [-0.4, -0.2) is 24.7 Å². The summed E-state index contributed by atoms with van der Waals surface area (Å²) in [6.45, 7) is 5.77. The topological polar surface area (TPSA) is 57.4 Å². The molecule has 0 amide bonds. The van der Waals surface area contributed by atoms with E-state index < -0.39 is 0 Å². The maximum Gasteiger partial charge on any atom is 0.129 e. The van der Waals surface area contributed by atoms with Crippen molar-refractivity contribution >= 4 is 11.3 Å². The van der Waals surface area contributed by atoms with Crippen molar-refractivity contribution < 1.29 is 9.47 Å². The van der Waals surface area contributed by atoms with Crippen LogP contribution in [0.2, 0.25) is 0 Å². The van der Waals surface area contributed by atoms with Gasteiger partial charge in [0.2, 0.25) is 0 Å². The number of benzene rings is 2. The summed E-state index contributed by atoms with van der Waals surface area (Å²) in [7, 11) is 0. The quantitative estimate of drug-likeness (QED) is 0.622. The Labute approximate surface area is 158 Å². The first-order chi connectivity index (χ1) is 12.8. The second kappa shape index (κ2) is 8.83. The number of hydrogen-bond acceptors (Lipinski definition) is 5. The predicted molar refractivity (Wildman–Crippen MR) is 108 cm³/mol. The number of nitrogens with zero attached hydrogens (tertiary/aromatic N) is 1. The van der Waals surface area contributed by atoms with Gasteiger partial charge in [-0.05, 0) is 38.1 Å². The molecule has 0 aliphatic heterocycles. The molecule has 26 heavy (non-hydrogen) atoms. The third-order valence-corrected chi connectivity index (χ3v) is 4.86. The van der Waals surface area contributed by atoms with E-state index in [-0.39, 0.29) is 0 Å². The van der Waals surface area contributed by atoms with E-state index in [2.05, 4.69) is 23.6 Å². The maximum atomic E-state index is 5.94. The van der Waals surface area contributed by atoms with Crippen LogP contribution in [0.25, 0.3) is 22.4 Å². The van der Waals surface area contributed by atoms with E-state index in [1.54, 1.807) is 11.3 Å². The van der Waals surface area contributed by atoms with Crippen molar-refractivity contribution in [1.29, 1.82) is 0 Å². The summed E-state index contributed by atoms with van der Waals surface area (Å²) in [5, 5.41) is 3.09. The molecule has 0 saturated carbocycles. The number of nitrogens with two attached hydrogens (primary N) is 1. The largest absolute Gasteiger partial charge is 0.493 e. The molecular formula is C21H24N2O2S. The van der Waals surface area contributed by atoms with Crippen LogP contribution in [0.15, 0.2) is 47.8 Å². The first kappa shape index (κ1) is 18.4. The van der Waals surface area contributed by atoms with Gasteiger partial charge in [-0.15, -0.1) is 11.3 Å². The van der Waals surface area contributed by atoms with Gasteiger partial charge in [0.05, 0.1) is 23.9 Å². The van der Waals surface area contributed by atoms with Gasteiger partial charge in [0.1, 0.15) is 11.5 Å². The molecule has 136 valence electrons. The normalized spacial score (nSPS) is 10.7. The van der Waals surface area contributed by atoms with E-state index in [1.165, 1.54) is 0 Å². The Bertz CT molecular complexity index is 846. The van der Waals surface area contributed by atoms with Gasteiger partial charge < -0.3 is 15.2 Å². The predicted octanol–water partition coefficient (Wildman–Crippen LogP) is 4.78.